The first kappa shape index (κ1) is 13.5. The minimum atomic E-state index is -1.03. The summed E-state index contributed by atoms with van der Waals surface area (Å²) in [5.41, 5.74) is 0.961. The molecule has 0 bridgehead atoms. The predicted molar refractivity (Wildman–Crippen MR) is 73.2 cm³/mol. The second-order valence-corrected chi connectivity index (χ2v) is 5.22. The van der Waals surface area contributed by atoms with E-state index in [4.69, 9.17) is 16.7 Å². The minimum absolute atomic E-state index is 0.156. The maximum Gasteiger partial charge on any atom is 0.345 e. The van der Waals surface area contributed by atoms with Gasteiger partial charge in [-0.2, -0.15) is 0 Å². The third-order valence-corrected chi connectivity index (χ3v) is 3.59. The standard InChI is InChI=1S/C12H9ClN2O3S/c1-6-4-8(13)7(5-14-6)11(16)15-10-3-2-9(19-10)12(17)18/h2-5H,1H3,(H,15,16)(H,17,18). The molecule has 1 amide bonds. The zero-order valence-corrected chi connectivity index (χ0v) is 11.4. The van der Waals surface area contributed by atoms with E-state index >= 15 is 0 Å². The molecule has 2 N–H and O–H groups in total. The smallest absolute Gasteiger partial charge is 0.345 e. The average molecular weight is 297 g/mol. The van der Waals surface area contributed by atoms with Gasteiger partial charge in [-0.05, 0) is 25.1 Å². The molecule has 0 fully saturated rings. The van der Waals surface area contributed by atoms with Crippen LogP contribution in [0.15, 0.2) is 24.4 Å². The summed E-state index contributed by atoms with van der Waals surface area (Å²) < 4.78 is 0. The average Bonchev–Trinajstić information content (AvgIpc) is 2.77. The van der Waals surface area contributed by atoms with E-state index in [0.717, 1.165) is 11.3 Å². The Balaban J connectivity index is 2.18. The maximum atomic E-state index is 11.9. The highest BCUT2D eigenvalue weighted by molar-refractivity contribution is 7.18. The number of hydrogen-bond acceptors (Lipinski definition) is 4. The summed E-state index contributed by atoms with van der Waals surface area (Å²) in [7, 11) is 0. The molecule has 0 unspecified atom stereocenters. The normalized spacial score (nSPS) is 10.2. The first-order valence-corrected chi connectivity index (χ1v) is 6.43. The van der Waals surface area contributed by atoms with Gasteiger partial charge in [-0.25, -0.2) is 4.79 Å². The number of carboxylic acid groups (broad SMARTS) is 1. The molecule has 2 heterocycles. The number of aromatic nitrogens is 1. The lowest BCUT2D eigenvalue weighted by atomic mass is 10.2. The summed E-state index contributed by atoms with van der Waals surface area (Å²) in [5, 5.41) is 12.1. The number of aryl methyl sites for hydroxylation is 1. The predicted octanol–water partition coefficient (Wildman–Crippen LogP) is 3.06. The molecule has 5 nitrogen and oxygen atoms in total. The lowest BCUT2D eigenvalue weighted by molar-refractivity contribution is 0.0702. The Kier molecular flexibility index (Phi) is 3.82. The third kappa shape index (κ3) is 3.10. The van der Waals surface area contributed by atoms with Crippen LogP contribution in [-0.4, -0.2) is 22.0 Å². The van der Waals surface area contributed by atoms with Crippen LogP contribution in [0.25, 0.3) is 0 Å². The van der Waals surface area contributed by atoms with Crippen molar-refractivity contribution in [1.29, 1.82) is 0 Å². The molecule has 0 spiro atoms. The topological polar surface area (TPSA) is 79.3 Å². The van der Waals surface area contributed by atoms with Crippen molar-refractivity contribution in [2.24, 2.45) is 0 Å². The number of pyridine rings is 1. The van der Waals surface area contributed by atoms with Crippen LogP contribution in [-0.2, 0) is 0 Å². The van der Waals surface area contributed by atoms with Crippen molar-refractivity contribution in [3.63, 3.8) is 0 Å². The van der Waals surface area contributed by atoms with Crippen LogP contribution in [0.2, 0.25) is 5.02 Å². The largest absolute Gasteiger partial charge is 0.477 e. The van der Waals surface area contributed by atoms with Gasteiger partial charge < -0.3 is 10.4 Å². The molecule has 0 radical (unpaired) electrons. The van der Waals surface area contributed by atoms with Crippen LogP contribution in [0.3, 0.4) is 0 Å². The third-order valence-electron chi connectivity index (χ3n) is 2.29. The fourth-order valence-corrected chi connectivity index (χ4v) is 2.43. The number of halogens is 1. The first-order valence-electron chi connectivity index (χ1n) is 5.24. The van der Waals surface area contributed by atoms with Crippen LogP contribution in [0, 0.1) is 6.92 Å². The number of carbonyl (C=O) groups excluding carboxylic acids is 1. The second kappa shape index (κ2) is 5.38. The minimum Gasteiger partial charge on any atom is -0.477 e. The maximum absolute atomic E-state index is 11.9. The van der Waals surface area contributed by atoms with Crippen LogP contribution in [0.4, 0.5) is 5.00 Å². The van der Waals surface area contributed by atoms with Crippen molar-refractivity contribution in [3.05, 3.63) is 45.6 Å². The highest BCUT2D eigenvalue weighted by Gasteiger charge is 2.13. The molecule has 0 aliphatic rings. The summed E-state index contributed by atoms with van der Waals surface area (Å²) in [6, 6.07) is 4.55. The number of nitrogens with one attached hydrogen (secondary N) is 1. The van der Waals surface area contributed by atoms with Crippen molar-refractivity contribution in [3.8, 4) is 0 Å². The van der Waals surface area contributed by atoms with E-state index in [0.29, 0.717) is 15.7 Å². The number of nitrogens with zero attached hydrogens (tertiary/aromatic N) is 1. The Bertz CT molecular complexity index is 654. The van der Waals surface area contributed by atoms with Gasteiger partial charge in [0.25, 0.3) is 5.91 Å². The number of anilines is 1. The Morgan fingerprint density at radius 2 is 2.16 bits per heavy atom. The number of rotatable bonds is 3. The highest BCUT2D eigenvalue weighted by atomic mass is 35.5. The fraction of sp³-hybridized carbons (Fsp3) is 0.0833. The first-order chi connectivity index (χ1) is 8.97. The van der Waals surface area contributed by atoms with Crippen LogP contribution in [0.1, 0.15) is 25.7 Å². The van der Waals surface area contributed by atoms with E-state index in [9.17, 15) is 9.59 Å². The van der Waals surface area contributed by atoms with Gasteiger partial charge in [0, 0.05) is 11.9 Å². The fourth-order valence-electron chi connectivity index (χ4n) is 1.39. The van der Waals surface area contributed by atoms with Crippen LogP contribution >= 0.6 is 22.9 Å². The van der Waals surface area contributed by atoms with E-state index in [1.54, 1.807) is 13.0 Å². The number of carboxylic acids is 1. The molecule has 0 aliphatic heterocycles. The van der Waals surface area contributed by atoms with Gasteiger partial charge >= 0.3 is 5.97 Å². The van der Waals surface area contributed by atoms with Gasteiger partial charge in [0.2, 0.25) is 0 Å². The van der Waals surface area contributed by atoms with Crippen LogP contribution in [0.5, 0.6) is 0 Å². The molecular formula is C12H9ClN2O3S. The molecule has 0 atom stereocenters. The lowest BCUT2D eigenvalue weighted by Gasteiger charge is -2.04. The molecule has 2 aromatic rings. The monoisotopic (exact) mass is 296 g/mol. The zero-order chi connectivity index (χ0) is 14.0. The molecule has 0 saturated heterocycles. The summed E-state index contributed by atoms with van der Waals surface area (Å²) in [4.78, 5) is 26.8. The quantitative estimate of drug-likeness (QED) is 0.912. The van der Waals surface area contributed by atoms with Crippen molar-refractivity contribution in [2.75, 3.05) is 5.32 Å². The van der Waals surface area contributed by atoms with Gasteiger partial charge in [0.15, 0.2) is 0 Å². The number of carbonyl (C=O) groups is 2. The van der Waals surface area contributed by atoms with Crippen molar-refractivity contribution < 1.29 is 14.7 Å². The SMILES string of the molecule is Cc1cc(Cl)c(C(=O)Nc2ccc(C(=O)O)s2)cn1. The highest BCUT2D eigenvalue weighted by Crippen LogP contribution is 2.23. The van der Waals surface area contributed by atoms with Gasteiger partial charge in [-0.15, -0.1) is 11.3 Å². The number of hydrogen-bond donors (Lipinski definition) is 2. The van der Waals surface area contributed by atoms with Gasteiger partial charge in [-0.3, -0.25) is 9.78 Å². The van der Waals surface area contributed by atoms with E-state index in [2.05, 4.69) is 10.3 Å². The van der Waals surface area contributed by atoms with E-state index in [-0.39, 0.29) is 10.4 Å². The van der Waals surface area contributed by atoms with Crippen LogP contribution < -0.4 is 5.32 Å². The summed E-state index contributed by atoms with van der Waals surface area (Å²) >= 11 is 6.93. The zero-order valence-electron chi connectivity index (χ0n) is 9.81. The molecule has 0 saturated carbocycles. The Morgan fingerprint density at radius 1 is 1.42 bits per heavy atom. The molecule has 7 heteroatoms. The Hall–Kier alpha value is -1.92. The summed E-state index contributed by atoms with van der Waals surface area (Å²) in [6.07, 6.45) is 1.39. The van der Waals surface area contributed by atoms with Gasteiger partial charge in [0.1, 0.15) is 4.88 Å². The molecule has 2 rings (SSSR count). The Labute approximate surface area is 117 Å². The molecule has 19 heavy (non-hydrogen) atoms. The molecular weight excluding hydrogens is 288 g/mol. The van der Waals surface area contributed by atoms with Crippen molar-refractivity contribution in [2.45, 2.75) is 6.92 Å². The lowest BCUT2D eigenvalue weighted by Crippen LogP contribution is -2.12. The Morgan fingerprint density at radius 3 is 2.74 bits per heavy atom. The van der Waals surface area contributed by atoms with E-state index < -0.39 is 11.9 Å². The summed E-state index contributed by atoms with van der Waals surface area (Å²) in [5.74, 6) is -1.45. The molecule has 0 aromatic carbocycles. The molecule has 0 aliphatic carbocycles. The van der Waals surface area contributed by atoms with Gasteiger partial charge in [0.05, 0.1) is 15.6 Å². The second-order valence-electron chi connectivity index (χ2n) is 3.73. The number of thiophene rings is 1. The van der Waals surface area contributed by atoms with Gasteiger partial charge in [-0.1, -0.05) is 11.6 Å². The summed E-state index contributed by atoms with van der Waals surface area (Å²) in [6.45, 7) is 1.77. The number of aromatic carboxylic acids is 1. The van der Waals surface area contributed by atoms with Crippen molar-refractivity contribution >= 4 is 39.8 Å². The van der Waals surface area contributed by atoms with Crippen molar-refractivity contribution in [1.82, 2.24) is 4.98 Å². The molecule has 98 valence electrons. The number of amides is 1. The molecule has 2 aromatic heterocycles. The van der Waals surface area contributed by atoms with E-state index in [1.165, 1.54) is 18.3 Å². The van der Waals surface area contributed by atoms with E-state index in [1.807, 2.05) is 0 Å².